The van der Waals surface area contributed by atoms with E-state index in [2.05, 4.69) is 55.5 Å². The molecule has 0 saturated heterocycles. The lowest BCUT2D eigenvalue weighted by Crippen LogP contribution is -2.69. The van der Waals surface area contributed by atoms with E-state index in [4.69, 9.17) is 0 Å². The first-order valence-corrected chi connectivity index (χ1v) is 22.1. The second kappa shape index (κ2) is 15.2. The molecule has 4 heteroatoms. The van der Waals surface area contributed by atoms with Crippen LogP contribution in [-0.2, 0) is 0 Å². The molecule has 7 aliphatic carbocycles. The van der Waals surface area contributed by atoms with Gasteiger partial charge in [-0.1, -0.05) is 71.4 Å². The van der Waals surface area contributed by atoms with Crippen molar-refractivity contribution >= 4 is 31.9 Å². The lowest BCUT2D eigenvalue weighted by atomic mass is 9.53. The van der Waals surface area contributed by atoms with Gasteiger partial charge in [-0.25, -0.2) is 0 Å². The van der Waals surface area contributed by atoms with E-state index in [0.29, 0.717) is 0 Å². The van der Waals surface area contributed by atoms with Gasteiger partial charge in [0.05, 0.1) is 0 Å². The fourth-order valence-electron chi connectivity index (χ4n) is 12.9. The molecular weight excluding hydrogens is 668 g/mol. The van der Waals surface area contributed by atoms with Crippen LogP contribution in [0.25, 0.3) is 0 Å². The van der Waals surface area contributed by atoms with E-state index in [0.717, 1.165) is 81.4 Å². The molecule has 7 aliphatic rings. The van der Waals surface area contributed by atoms with Gasteiger partial charge in [-0.2, -0.15) is 0 Å². The van der Waals surface area contributed by atoms with E-state index in [-0.39, 0.29) is 0 Å². The minimum absolute atomic E-state index is 0.772. The number of nitrogens with zero attached hydrogens (tertiary/aromatic N) is 2. The number of hydrogen-bond acceptors (Lipinski definition) is 2. The fraction of sp³-hybridized carbons (Fsp3) is 1.00. The summed E-state index contributed by atoms with van der Waals surface area (Å²) in [5.74, 6) is 5.76. The molecule has 44 heavy (non-hydrogen) atoms. The zero-order chi connectivity index (χ0) is 30.2. The highest BCUT2D eigenvalue weighted by atomic mass is 79.9. The van der Waals surface area contributed by atoms with Crippen LogP contribution in [0.1, 0.15) is 168 Å². The molecule has 0 spiro atoms. The molecule has 0 aliphatic heterocycles. The smallest absolute Gasteiger partial charge is 0.0164 e. The lowest BCUT2D eigenvalue weighted by Gasteiger charge is -2.64. The molecule has 0 bridgehead atoms. The third-order valence-corrected chi connectivity index (χ3v) is 16.9. The van der Waals surface area contributed by atoms with E-state index >= 15 is 0 Å². The summed E-state index contributed by atoms with van der Waals surface area (Å²) in [6.45, 7) is 5.08. The zero-order valence-corrected chi connectivity index (χ0v) is 31.9. The summed E-state index contributed by atoms with van der Waals surface area (Å²) in [5, 5.41) is 0. The second-order valence-corrected chi connectivity index (χ2v) is 20.3. The molecule has 0 heterocycles. The summed E-state index contributed by atoms with van der Waals surface area (Å²) < 4.78 is 0. The number of rotatable bonds is 6. The van der Waals surface area contributed by atoms with Crippen molar-refractivity contribution in [3.63, 3.8) is 0 Å². The first-order chi connectivity index (χ1) is 21.5. The predicted molar refractivity (Wildman–Crippen MR) is 195 cm³/mol. The van der Waals surface area contributed by atoms with Crippen molar-refractivity contribution in [3.05, 3.63) is 0 Å². The van der Waals surface area contributed by atoms with Crippen molar-refractivity contribution in [2.45, 2.75) is 214 Å². The van der Waals surface area contributed by atoms with Gasteiger partial charge in [0.2, 0.25) is 0 Å². The van der Waals surface area contributed by atoms with Gasteiger partial charge in [-0.15, -0.1) is 0 Å². The molecule has 4 atom stereocenters. The molecule has 252 valence electrons. The van der Waals surface area contributed by atoms with E-state index in [1.54, 1.807) is 25.7 Å². The summed E-state index contributed by atoms with van der Waals surface area (Å²) in [5.41, 5.74) is 0. The summed E-state index contributed by atoms with van der Waals surface area (Å²) in [6.07, 6.45) is 35.6. The first kappa shape index (κ1) is 33.4. The van der Waals surface area contributed by atoms with E-state index in [9.17, 15) is 0 Å². The van der Waals surface area contributed by atoms with Crippen LogP contribution in [0, 0.1) is 35.5 Å². The van der Waals surface area contributed by atoms with Gasteiger partial charge in [0.1, 0.15) is 0 Å². The SMILES string of the molecule is CC1CCC(N(C2CCC(Br)CC2)C2C3CCCCC3C(N(C3CCC(C)CC3)C3CCC(Br)CC3)C3CCCCC32)CC1. The van der Waals surface area contributed by atoms with Crippen molar-refractivity contribution in [2.75, 3.05) is 0 Å². The minimum Gasteiger partial charge on any atom is -0.294 e. The Labute approximate surface area is 289 Å². The van der Waals surface area contributed by atoms with Crippen LogP contribution in [-0.4, -0.2) is 55.7 Å². The maximum Gasteiger partial charge on any atom is 0.0164 e. The Bertz CT molecular complexity index is 740. The van der Waals surface area contributed by atoms with Crippen molar-refractivity contribution < 1.29 is 0 Å². The van der Waals surface area contributed by atoms with Gasteiger partial charge in [0.15, 0.2) is 0 Å². The fourth-order valence-corrected chi connectivity index (χ4v) is 14.0. The molecular formula is C40H68Br2N2. The standard InChI is InChI=1S/C40H68Br2N2/c1-27-11-19-31(20-12-27)43(33-23-15-29(41)16-24-33)39-35-7-3-5-9-37(35)40(38-10-6-4-8-36(38)39)44(32-21-13-28(2)14-22-32)34-25-17-30(42)18-26-34/h27-40H,3-26H2,1-2H3. The number of hydrogen-bond donors (Lipinski definition) is 0. The maximum atomic E-state index is 4.06. The van der Waals surface area contributed by atoms with Gasteiger partial charge in [0, 0.05) is 45.9 Å². The molecule has 7 fully saturated rings. The highest BCUT2D eigenvalue weighted by Gasteiger charge is 2.57. The maximum absolute atomic E-state index is 4.06. The zero-order valence-electron chi connectivity index (χ0n) is 28.7. The molecule has 0 radical (unpaired) electrons. The summed E-state index contributed by atoms with van der Waals surface area (Å²) >= 11 is 8.11. The Balaban J connectivity index is 1.25. The van der Waals surface area contributed by atoms with Crippen molar-refractivity contribution in [1.82, 2.24) is 9.80 Å². The molecule has 0 N–H and O–H groups in total. The summed E-state index contributed by atoms with van der Waals surface area (Å²) in [6, 6.07) is 5.25. The van der Waals surface area contributed by atoms with Crippen molar-refractivity contribution in [2.24, 2.45) is 35.5 Å². The minimum atomic E-state index is 0.772. The monoisotopic (exact) mass is 734 g/mol. The molecule has 0 amide bonds. The Morgan fingerprint density at radius 2 is 0.591 bits per heavy atom. The molecule has 0 aromatic heterocycles. The van der Waals surface area contributed by atoms with Crippen LogP contribution < -0.4 is 0 Å². The van der Waals surface area contributed by atoms with Crippen LogP contribution in [0.5, 0.6) is 0 Å². The average molecular weight is 737 g/mol. The van der Waals surface area contributed by atoms with Crippen LogP contribution in [0.2, 0.25) is 0 Å². The number of halogens is 2. The number of alkyl halides is 2. The highest BCUT2D eigenvalue weighted by Crippen LogP contribution is 2.57. The molecule has 4 unspecified atom stereocenters. The Morgan fingerprint density at radius 3 is 0.864 bits per heavy atom. The second-order valence-electron chi connectivity index (χ2n) is 17.7. The van der Waals surface area contributed by atoms with Crippen LogP contribution in [0.15, 0.2) is 0 Å². The Hall–Kier alpha value is 0.880. The van der Waals surface area contributed by atoms with Gasteiger partial charge in [-0.3, -0.25) is 9.80 Å². The molecule has 2 nitrogen and oxygen atoms in total. The average Bonchev–Trinajstić information content (AvgIpc) is 3.05. The molecule has 7 rings (SSSR count). The highest BCUT2D eigenvalue weighted by molar-refractivity contribution is 9.09. The third kappa shape index (κ3) is 7.11. The predicted octanol–water partition coefficient (Wildman–Crippen LogP) is 11.5. The first-order valence-electron chi connectivity index (χ1n) is 20.3. The lowest BCUT2D eigenvalue weighted by molar-refractivity contribution is -0.147. The quantitative estimate of drug-likeness (QED) is 0.251. The van der Waals surface area contributed by atoms with Crippen molar-refractivity contribution in [1.29, 1.82) is 0 Å². The molecule has 0 aromatic carbocycles. The molecule has 0 aromatic rings. The molecule has 7 saturated carbocycles. The summed E-state index contributed by atoms with van der Waals surface area (Å²) in [7, 11) is 0. The largest absolute Gasteiger partial charge is 0.294 e. The Morgan fingerprint density at radius 1 is 0.341 bits per heavy atom. The normalized spacial score (nSPS) is 49.0. The van der Waals surface area contributed by atoms with Crippen LogP contribution in [0.4, 0.5) is 0 Å². The van der Waals surface area contributed by atoms with E-state index < -0.39 is 0 Å². The van der Waals surface area contributed by atoms with Crippen LogP contribution in [0.3, 0.4) is 0 Å². The van der Waals surface area contributed by atoms with Gasteiger partial charge in [0.25, 0.3) is 0 Å². The van der Waals surface area contributed by atoms with Crippen LogP contribution >= 0.6 is 31.9 Å². The Kier molecular flexibility index (Phi) is 11.5. The number of fused-ring (bicyclic) bond motifs is 2. The summed E-state index contributed by atoms with van der Waals surface area (Å²) in [4.78, 5) is 8.34. The topological polar surface area (TPSA) is 6.48 Å². The van der Waals surface area contributed by atoms with E-state index in [1.807, 2.05) is 0 Å². The third-order valence-electron chi connectivity index (χ3n) is 15.1. The van der Waals surface area contributed by atoms with E-state index in [1.165, 1.54) is 128 Å². The van der Waals surface area contributed by atoms with Gasteiger partial charge >= 0.3 is 0 Å². The van der Waals surface area contributed by atoms with Gasteiger partial charge < -0.3 is 0 Å². The van der Waals surface area contributed by atoms with Crippen molar-refractivity contribution in [3.8, 4) is 0 Å². The van der Waals surface area contributed by atoms with Gasteiger partial charge in [-0.05, 0) is 164 Å².